The van der Waals surface area contributed by atoms with Gasteiger partial charge in [-0.15, -0.1) is 10.2 Å². The predicted octanol–water partition coefficient (Wildman–Crippen LogP) is -3.14. The number of hydrogen-bond acceptors (Lipinski definition) is 3. The van der Waals surface area contributed by atoms with E-state index in [0.717, 1.165) is 62.8 Å². The SMILES string of the molecule is CC(=N[NH+]=C(N)N)C1CCC(NC(=O)NC2CCC(C(C)=N[NH+]=C(N)N)CC2)CC1. The predicted molar refractivity (Wildman–Crippen MR) is 118 cm³/mol. The molecule has 2 fully saturated rings. The number of nitrogens with one attached hydrogen (secondary N) is 4. The van der Waals surface area contributed by atoms with Crippen molar-refractivity contribution in [1.82, 2.24) is 10.6 Å². The van der Waals surface area contributed by atoms with E-state index in [1.54, 1.807) is 0 Å². The molecule has 0 atom stereocenters. The summed E-state index contributed by atoms with van der Waals surface area (Å²) >= 11 is 0. The maximum absolute atomic E-state index is 12.4. The Morgan fingerprint density at radius 1 is 0.700 bits per heavy atom. The second-order valence-electron chi connectivity index (χ2n) is 8.36. The Hall–Kier alpha value is -2.85. The highest BCUT2D eigenvalue weighted by Crippen LogP contribution is 2.26. The van der Waals surface area contributed by atoms with Crippen LogP contribution in [-0.4, -0.2) is 41.5 Å². The van der Waals surface area contributed by atoms with Crippen LogP contribution in [0.1, 0.15) is 65.2 Å². The minimum absolute atomic E-state index is 0.0722. The minimum Gasteiger partial charge on any atom is -0.335 e. The second-order valence-corrected chi connectivity index (χ2v) is 8.36. The van der Waals surface area contributed by atoms with Crippen LogP contribution in [0, 0.1) is 11.8 Å². The summed E-state index contributed by atoms with van der Waals surface area (Å²) in [4.78, 5) is 12.4. The highest BCUT2D eigenvalue weighted by Gasteiger charge is 2.27. The molecule has 2 saturated carbocycles. The second kappa shape index (κ2) is 11.4. The van der Waals surface area contributed by atoms with Gasteiger partial charge in [0.15, 0.2) is 0 Å². The van der Waals surface area contributed by atoms with E-state index < -0.39 is 0 Å². The van der Waals surface area contributed by atoms with E-state index in [-0.39, 0.29) is 30.0 Å². The van der Waals surface area contributed by atoms with Crippen LogP contribution in [-0.2, 0) is 0 Å². The summed E-state index contributed by atoms with van der Waals surface area (Å²) in [7, 11) is 0. The smallest absolute Gasteiger partial charge is 0.335 e. The molecule has 2 aliphatic carbocycles. The fourth-order valence-corrected chi connectivity index (χ4v) is 4.21. The van der Waals surface area contributed by atoms with Crippen molar-refractivity contribution in [2.45, 2.75) is 77.3 Å². The molecular formula is C19H38N10O+2. The monoisotopic (exact) mass is 422 g/mol. The number of urea groups is 1. The quantitative estimate of drug-likeness (QED) is 0.127. The van der Waals surface area contributed by atoms with Crippen molar-refractivity contribution in [3.63, 3.8) is 0 Å². The Balaban J connectivity index is 1.70. The number of rotatable bonds is 6. The summed E-state index contributed by atoms with van der Waals surface area (Å²) in [5.74, 6) is 0.960. The van der Waals surface area contributed by atoms with Crippen molar-refractivity contribution < 1.29 is 15.0 Å². The molecule has 2 amide bonds. The van der Waals surface area contributed by atoms with Crippen LogP contribution in [0.4, 0.5) is 4.79 Å². The van der Waals surface area contributed by atoms with Crippen LogP contribution in [0.2, 0.25) is 0 Å². The summed E-state index contributed by atoms with van der Waals surface area (Å²) in [5, 5.41) is 19.9. The van der Waals surface area contributed by atoms with Gasteiger partial charge >= 0.3 is 18.0 Å². The third kappa shape index (κ3) is 7.88. The maximum Gasteiger partial charge on any atom is 0.362 e. The largest absolute Gasteiger partial charge is 0.362 e. The molecule has 0 aromatic rings. The summed E-state index contributed by atoms with van der Waals surface area (Å²) < 4.78 is 0. The molecule has 0 heterocycles. The molecule has 168 valence electrons. The van der Waals surface area contributed by atoms with Gasteiger partial charge in [0.1, 0.15) is 0 Å². The van der Waals surface area contributed by atoms with Crippen molar-refractivity contribution in [2.24, 2.45) is 45.0 Å². The lowest BCUT2D eigenvalue weighted by Gasteiger charge is -2.31. The van der Waals surface area contributed by atoms with E-state index in [4.69, 9.17) is 22.9 Å². The van der Waals surface area contributed by atoms with E-state index in [0.29, 0.717) is 11.8 Å². The molecule has 0 radical (unpaired) electrons. The first-order valence-electron chi connectivity index (χ1n) is 10.7. The van der Waals surface area contributed by atoms with Crippen molar-refractivity contribution in [3.05, 3.63) is 0 Å². The third-order valence-corrected chi connectivity index (χ3v) is 6.03. The van der Waals surface area contributed by atoms with Crippen LogP contribution >= 0.6 is 0 Å². The number of nitrogens with two attached hydrogens (primary N) is 4. The molecular weight excluding hydrogens is 384 g/mol. The topological polar surface area (TPSA) is 198 Å². The van der Waals surface area contributed by atoms with E-state index in [2.05, 4.69) is 31.0 Å². The van der Waals surface area contributed by atoms with E-state index >= 15 is 0 Å². The van der Waals surface area contributed by atoms with Crippen molar-refractivity contribution in [3.8, 4) is 0 Å². The average molecular weight is 423 g/mol. The Morgan fingerprint density at radius 2 is 1.03 bits per heavy atom. The fourth-order valence-electron chi connectivity index (χ4n) is 4.21. The van der Waals surface area contributed by atoms with Gasteiger partial charge in [0.25, 0.3) is 0 Å². The van der Waals surface area contributed by atoms with Gasteiger partial charge in [-0.1, -0.05) is 0 Å². The molecule has 0 saturated heterocycles. The molecule has 11 nitrogen and oxygen atoms in total. The molecule has 0 spiro atoms. The van der Waals surface area contributed by atoms with Crippen molar-refractivity contribution in [2.75, 3.05) is 0 Å². The minimum atomic E-state index is -0.0722. The van der Waals surface area contributed by atoms with Crippen LogP contribution in [0.3, 0.4) is 0 Å². The van der Waals surface area contributed by atoms with Gasteiger partial charge in [-0.05, 0) is 65.2 Å². The maximum atomic E-state index is 12.4. The summed E-state index contributed by atoms with van der Waals surface area (Å²) in [5.41, 5.74) is 23.5. The lowest BCUT2D eigenvalue weighted by Crippen LogP contribution is -2.73. The first kappa shape index (κ1) is 23.4. The van der Waals surface area contributed by atoms with Crippen LogP contribution < -0.4 is 43.8 Å². The molecule has 12 N–H and O–H groups in total. The third-order valence-electron chi connectivity index (χ3n) is 6.03. The number of carbonyl (C=O) groups excluding carboxylic acids is 1. The van der Waals surface area contributed by atoms with Gasteiger partial charge in [0.05, 0.1) is 11.4 Å². The van der Waals surface area contributed by atoms with Crippen LogP contribution in [0.5, 0.6) is 0 Å². The number of amides is 2. The molecule has 2 rings (SSSR count). The Kier molecular flexibility index (Phi) is 8.88. The first-order valence-corrected chi connectivity index (χ1v) is 10.7. The molecule has 30 heavy (non-hydrogen) atoms. The molecule has 0 aliphatic heterocycles. The molecule has 11 heteroatoms. The standard InChI is InChI=1S/C19H36N10O/c1-11(26-28-17(20)21)13-3-7-15(8-4-13)24-19(30)25-16-9-5-14(6-10-16)12(2)27-29-18(22)23/h13-16H,3-10H2,1-2H3,(H4,20,21,28)(H4,22,23,29)(H2,24,25,30)/p+2. The summed E-state index contributed by atoms with van der Waals surface area (Å²) in [6.45, 7) is 3.95. The van der Waals surface area contributed by atoms with Crippen LogP contribution in [0.25, 0.3) is 0 Å². The molecule has 0 aromatic carbocycles. The Bertz CT molecular complexity index is 632. The first-order chi connectivity index (χ1) is 14.2. The zero-order valence-corrected chi connectivity index (χ0v) is 18.1. The van der Waals surface area contributed by atoms with E-state index in [1.807, 2.05) is 13.8 Å². The van der Waals surface area contributed by atoms with Gasteiger partial charge < -0.3 is 10.6 Å². The van der Waals surface area contributed by atoms with Gasteiger partial charge in [-0.3, -0.25) is 22.9 Å². The zero-order chi connectivity index (χ0) is 22.1. The number of hydrogen-bond donors (Lipinski definition) is 8. The van der Waals surface area contributed by atoms with Gasteiger partial charge in [0.2, 0.25) is 0 Å². The molecule has 0 bridgehead atoms. The lowest BCUT2D eigenvalue weighted by atomic mass is 9.83. The average Bonchev–Trinajstić information content (AvgIpc) is 2.71. The fraction of sp³-hybridized carbons (Fsp3) is 0.737. The van der Waals surface area contributed by atoms with Gasteiger partial charge in [-0.2, -0.15) is 10.2 Å². The van der Waals surface area contributed by atoms with Gasteiger partial charge in [0, 0.05) is 23.9 Å². The summed E-state index contributed by atoms with van der Waals surface area (Å²) in [6.07, 6.45) is 7.66. The number of hydrazone groups is 2. The lowest BCUT2D eigenvalue weighted by molar-refractivity contribution is -0.465. The number of nitrogens with zero attached hydrogens (tertiary/aromatic N) is 2. The van der Waals surface area contributed by atoms with Crippen molar-refractivity contribution >= 4 is 29.4 Å². The normalized spacial score (nSPS) is 27.7. The van der Waals surface area contributed by atoms with Gasteiger partial charge in [-0.25, -0.2) is 4.79 Å². The molecule has 0 unspecified atom stereocenters. The highest BCUT2D eigenvalue weighted by atomic mass is 16.2. The zero-order valence-electron chi connectivity index (χ0n) is 18.1. The Labute approximate surface area is 177 Å². The number of guanidine groups is 2. The van der Waals surface area contributed by atoms with E-state index in [1.165, 1.54) is 0 Å². The Morgan fingerprint density at radius 3 is 1.33 bits per heavy atom. The van der Waals surface area contributed by atoms with Crippen LogP contribution in [0.15, 0.2) is 10.2 Å². The molecule has 0 aromatic heterocycles. The van der Waals surface area contributed by atoms with E-state index in [9.17, 15) is 4.79 Å². The highest BCUT2D eigenvalue weighted by molar-refractivity contribution is 5.84. The summed E-state index contributed by atoms with van der Waals surface area (Å²) in [6, 6.07) is 0.322. The number of carbonyl (C=O) groups is 1. The molecule has 2 aliphatic rings. The van der Waals surface area contributed by atoms with Crippen molar-refractivity contribution in [1.29, 1.82) is 0 Å².